The second kappa shape index (κ2) is 7.13. The minimum atomic E-state index is 0. The Hall–Kier alpha value is 0.690. The third kappa shape index (κ3) is 3.60. The van der Waals surface area contributed by atoms with Gasteiger partial charge in [0.25, 0.3) is 0 Å². The molecule has 0 radical (unpaired) electrons. The number of rotatable bonds is 3. The van der Waals surface area contributed by atoms with Crippen LogP contribution in [0.3, 0.4) is 0 Å². The van der Waals surface area contributed by atoms with Gasteiger partial charge < -0.3 is 4.90 Å². The van der Waals surface area contributed by atoms with Gasteiger partial charge in [-0.3, -0.25) is 0 Å². The Morgan fingerprint density at radius 1 is 1.00 bits per heavy atom. The van der Waals surface area contributed by atoms with E-state index in [0.29, 0.717) is 0 Å². The lowest BCUT2D eigenvalue weighted by Gasteiger charge is -2.32. The van der Waals surface area contributed by atoms with Crippen molar-refractivity contribution >= 4 is 24.0 Å². The van der Waals surface area contributed by atoms with Gasteiger partial charge in [0.15, 0.2) is 0 Å². The average molecular weight is 283 g/mol. The molecule has 0 aliphatic heterocycles. The predicted octanol–water partition coefficient (Wildman–Crippen LogP) is 3.28. The maximum Gasteiger partial charge on any atom is 0.00950 e. The summed E-state index contributed by atoms with van der Waals surface area (Å²) in [6, 6.07) is 0.916. The normalized spacial score (nSPS) is 19.2. The highest BCUT2D eigenvalue weighted by Gasteiger charge is 2.17. The zero-order chi connectivity index (χ0) is 8.10. The maximum atomic E-state index is 2.61. The molecule has 0 amide bonds. The van der Waals surface area contributed by atoms with Crippen LogP contribution < -0.4 is 0 Å². The van der Waals surface area contributed by atoms with Crippen molar-refractivity contribution in [1.82, 2.24) is 4.90 Å². The molecule has 0 heterocycles. The summed E-state index contributed by atoms with van der Waals surface area (Å²) in [4.78, 5) is 2.61. The molecule has 2 heteroatoms. The van der Waals surface area contributed by atoms with Crippen LogP contribution >= 0.6 is 24.0 Å². The van der Waals surface area contributed by atoms with E-state index in [0.717, 1.165) is 6.04 Å². The maximum absolute atomic E-state index is 2.61. The molecule has 1 nitrogen and oxygen atoms in total. The molecule has 1 aliphatic rings. The second-order valence-corrected chi connectivity index (χ2v) is 3.51. The summed E-state index contributed by atoms with van der Waals surface area (Å²) in [5.74, 6) is 0. The fourth-order valence-corrected chi connectivity index (χ4v) is 2.19. The quantitative estimate of drug-likeness (QED) is 0.718. The second-order valence-electron chi connectivity index (χ2n) is 3.51. The van der Waals surface area contributed by atoms with E-state index in [2.05, 4.69) is 18.7 Å². The van der Waals surface area contributed by atoms with Gasteiger partial charge in [0.2, 0.25) is 0 Å². The van der Waals surface area contributed by atoms with E-state index in [9.17, 15) is 0 Å². The molecule has 0 unspecified atom stereocenters. The summed E-state index contributed by atoms with van der Waals surface area (Å²) in [7, 11) is 0. The van der Waals surface area contributed by atoms with Gasteiger partial charge >= 0.3 is 0 Å². The lowest BCUT2D eigenvalue weighted by atomic mass is 9.94. The highest BCUT2D eigenvalue weighted by Crippen LogP contribution is 2.21. The van der Waals surface area contributed by atoms with Crippen LogP contribution in [0.25, 0.3) is 0 Å². The Balaban J connectivity index is 0.00000121. The summed E-state index contributed by atoms with van der Waals surface area (Å²) in [5.41, 5.74) is 0. The van der Waals surface area contributed by atoms with Crippen molar-refractivity contribution in [2.24, 2.45) is 0 Å². The Kier molecular flexibility index (Phi) is 7.54. The molecule has 12 heavy (non-hydrogen) atoms. The third-order valence-corrected chi connectivity index (χ3v) is 2.90. The molecule has 0 aromatic heterocycles. The largest absolute Gasteiger partial charge is 0.301 e. The fraction of sp³-hybridized carbons (Fsp3) is 1.00. The summed E-state index contributed by atoms with van der Waals surface area (Å²) >= 11 is 0. The number of hydrogen-bond acceptors (Lipinski definition) is 1. The molecule has 1 aliphatic carbocycles. The molecule has 0 N–H and O–H groups in total. The monoisotopic (exact) mass is 283 g/mol. The molecule has 0 aromatic rings. The average Bonchev–Trinajstić information content (AvgIpc) is 2.09. The molecule has 1 saturated carbocycles. The number of nitrogens with zero attached hydrogens (tertiary/aromatic N) is 1. The van der Waals surface area contributed by atoms with Crippen LogP contribution in [-0.2, 0) is 0 Å². The first-order valence-corrected chi connectivity index (χ1v) is 5.12. The van der Waals surface area contributed by atoms with Crippen molar-refractivity contribution in [3.8, 4) is 0 Å². The molecular weight excluding hydrogens is 261 g/mol. The topological polar surface area (TPSA) is 3.24 Å². The Morgan fingerprint density at radius 3 is 1.92 bits per heavy atom. The Bertz CT molecular complexity index is 96.0. The molecule has 0 spiro atoms. The van der Waals surface area contributed by atoms with Crippen LogP contribution in [0.5, 0.6) is 0 Å². The Morgan fingerprint density at radius 2 is 1.50 bits per heavy atom. The first kappa shape index (κ1) is 12.7. The van der Waals surface area contributed by atoms with Crippen molar-refractivity contribution in [3.05, 3.63) is 0 Å². The van der Waals surface area contributed by atoms with E-state index in [4.69, 9.17) is 0 Å². The van der Waals surface area contributed by atoms with Crippen molar-refractivity contribution < 1.29 is 0 Å². The summed E-state index contributed by atoms with van der Waals surface area (Å²) < 4.78 is 0. The van der Waals surface area contributed by atoms with Crippen molar-refractivity contribution in [2.75, 3.05) is 13.1 Å². The molecule has 74 valence electrons. The van der Waals surface area contributed by atoms with Crippen molar-refractivity contribution in [3.63, 3.8) is 0 Å². The molecular formula is C10H22IN. The first-order valence-electron chi connectivity index (χ1n) is 5.12. The lowest BCUT2D eigenvalue weighted by Crippen LogP contribution is -2.36. The van der Waals surface area contributed by atoms with E-state index in [1.807, 2.05) is 0 Å². The molecule has 1 rings (SSSR count). The first-order chi connectivity index (χ1) is 5.38. The van der Waals surface area contributed by atoms with Gasteiger partial charge in [-0.25, -0.2) is 0 Å². The highest BCUT2D eigenvalue weighted by molar-refractivity contribution is 14.0. The van der Waals surface area contributed by atoms with Crippen molar-refractivity contribution in [2.45, 2.75) is 52.0 Å². The van der Waals surface area contributed by atoms with Gasteiger partial charge in [0.05, 0.1) is 0 Å². The van der Waals surface area contributed by atoms with Gasteiger partial charge in [0.1, 0.15) is 0 Å². The van der Waals surface area contributed by atoms with Gasteiger partial charge in [-0.2, -0.15) is 0 Å². The van der Waals surface area contributed by atoms with Gasteiger partial charge in [-0.05, 0) is 25.9 Å². The molecule has 0 aromatic carbocycles. The van der Waals surface area contributed by atoms with E-state index in [1.165, 1.54) is 45.2 Å². The fourth-order valence-electron chi connectivity index (χ4n) is 2.19. The highest BCUT2D eigenvalue weighted by atomic mass is 127. The zero-order valence-corrected chi connectivity index (χ0v) is 10.7. The Labute approximate surface area is 93.9 Å². The SMILES string of the molecule is CCN(CC)C1CCCCC1.I. The summed E-state index contributed by atoms with van der Waals surface area (Å²) in [6.07, 6.45) is 7.28. The van der Waals surface area contributed by atoms with Gasteiger partial charge in [0, 0.05) is 6.04 Å². The predicted molar refractivity (Wildman–Crippen MR) is 65.2 cm³/mol. The minimum Gasteiger partial charge on any atom is -0.301 e. The van der Waals surface area contributed by atoms with Crippen LogP contribution in [0.4, 0.5) is 0 Å². The van der Waals surface area contributed by atoms with E-state index in [1.54, 1.807) is 0 Å². The van der Waals surface area contributed by atoms with Crippen LogP contribution in [0.2, 0.25) is 0 Å². The minimum absolute atomic E-state index is 0. The molecule has 0 atom stereocenters. The van der Waals surface area contributed by atoms with Crippen LogP contribution in [0, 0.1) is 0 Å². The number of hydrogen-bond donors (Lipinski definition) is 0. The van der Waals surface area contributed by atoms with Gasteiger partial charge in [-0.15, -0.1) is 24.0 Å². The summed E-state index contributed by atoms with van der Waals surface area (Å²) in [6.45, 7) is 7.03. The van der Waals surface area contributed by atoms with E-state index in [-0.39, 0.29) is 24.0 Å². The zero-order valence-electron chi connectivity index (χ0n) is 8.38. The van der Waals surface area contributed by atoms with Gasteiger partial charge in [-0.1, -0.05) is 33.1 Å². The summed E-state index contributed by atoms with van der Waals surface area (Å²) in [5, 5.41) is 0. The van der Waals surface area contributed by atoms with E-state index >= 15 is 0 Å². The van der Waals surface area contributed by atoms with Crippen molar-refractivity contribution in [1.29, 1.82) is 0 Å². The van der Waals surface area contributed by atoms with E-state index < -0.39 is 0 Å². The van der Waals surface area contributed by atoms with Crippen LogP contribution in [-0.4, -0.2) is 24.0 Å². The van der Waals surface area contributed by atoms with Crippen LogP contribution in [0.1, 0.15) is 46.0 Å². The molecule has 0 saturated heterocycles. The third-order valence-electron chi connectivity index (χ3n) is 2.90. The lowest BCUT2D eigenvalue weighted by molar-refractivity contribution is 0.172. The van der Waals surface area contributed by atoms with Crippen LogP contribution in [0.15, 0.2) is 0 Å². The molecule has 0 bridgehead atoms. The smallest absolute Gasteiger partial charge is 0.00950 e. The number of halogens is 1. The molecule has 1 fully saturated rings. The standard InChI is InChI=1S/C10H21N.HI/c1-3-11(4-2)10-8-6-5-7-9-10;/h10H,3-9H2,1-2H3;1H.